The van der Waals surface area contributed by atoms with E-state index < -0.39 is 0 Å². The molecule has 0 unspecified atom stereocenters. The molecule has 1 amide bonds. The lowest BCUT2D eigenvalue weighted by molar-refractivity contribution is -0.121. The summed E-state index contributed by atoms with van der Waals surface area (Å²) in [5.74, 6) is 0.700. The molecule has 0 heterocycles. The fourth-order valence-electron chi connectivity index (χ4n) is 2.85. The number of rotatable bonds is 6. The second kappa shape index (κ2) is 8.60. The maximum absolute atomic E-state index is 11.6. The van der Waals surface area contributed by atoms with E-state index in [2.05, 4.69) is 47.8 Å². The zero-order chi connectivity index (χ0) is 14.9. The third-order valence-electron chi connectivity index (χ3n) is 4.18. The number of benzene rings is 1. The second-order valence-electron chi connectivity index (χ2n) is 5.86. The normalized spacial score (nSPS) is 18.3. The molecule has 1 aromatic rings. The predicted molar refractivity (Wildman–Crippen MR) is 87.4 cm³/mol. The Labute approximate surface area is 127 Å². The van der Waals surface area contributed by atoms with Gasteiger partial charge in [-0.15, -0.1) is 0 Å². The van der Waals surface area contributed by atoms with Gasteiger partial charge in [0.15, 0.2) is 0 Å². The average Bonchev–Trinajstić information content (AvgIpc) is 2.54. The molecule has 3 nitrogen and oxygen atoms in total. The maximum atomic E-state index is 11.6. The van der Waals surface area contributed by atoms with Gasteiger partial charge in [-0.1, -0.05) is 50.1 Å². The number of nitrogens with zero attached hydrogens (tertiary/aromatic N) is 1. The molecular weight excluding hydrogens is 260 g/mol. The molecule has 0 atom stereocenters. The number of nitrogens with one attached hydrogen (secondary N) is 1. The summed E-state index contributed by atoms with van der Waals surface area (Å²) in [6, 6.07) is 10.7. The van der Waals surface area contributed by atoms with Crippen LogP contribution in [0.3, 0.4) is 0 Å². The minimum atomic E-state index is 0.0566. The molecule has 1 aliphatic rings. The van der Waals surface area contributed by atoms with Crippen LogP contribution in [-0.2, 0) is 4.79 Å². The number of amides is 1. The highest BCUT2D eigenvalue weighted by Gasteiger charge is 2.19. The van der Waals surface area contributed by atoms with Crippen LogP contribution in [-0.4, -0.2) is 11.6 Å². The van der Waals surface area contributed by atoms with Crippen molar-refractivity contribution in [3.8, 4) is 0 Å². The fraction of sp³-hybridized carbons (Fsp3) is 0.556. The van der Waals surface area contributed by atoms with Crippen molar-refractivity contribution < 1.29 is 4.79 Å². The average molecular weight is 286 g/mol. The largest absolute Gasteiger partial charge is 0.273 e. The van der Waals surface area contributed by atoms with Crippen molar-refractivity contribution in [2.24, 2.45) is 5.10 Å². The van der Waals surface area contributed by atoms with Crippen molar-refractivity contribution >= 4 is 11.6 Å². The first-order valence-electron chi connectivity index (χ1n) is 8.18. The van der Waals surface area contributed by atoms with Crippen LogP contribution in [0.15, 0.2) is 35.4 Å². The first-order chi connectivity index (χ1) is 10.3. The van der Waals surface area contributed by atoms with E-state index in [9.17, 15) is 4.79 Å². The number of hydrogen-bond donors (Lipinski definition) is 1. The minimum absolute atomic E-state index is 0.0566. The van der Waals surface area contributed by atoms with Crippen molar-refractivity contribution in [2.75, 3.05) is 0 Å². The van der Waals surface area contributed by atoms with E-state index in [0.29, 0.717) is 12.3 Å². The SMILES string of the molecule is CCCCCC(=O)NN=C1CCC(c2ccccc2)CC1. The summed E-state index contributed by atoms with van der Waals surface area (Å²) in [7, 11) is 0. The fourth-order valence-corrected chi connectivity index (χ4v) is 2.85. The van der Waals surface area contributed by atoms with Gasteiger partial charge >= 0.3 is 0 Å². The van der Waals surface area contributed by atoms with Gasteiger partial charge in [-0.25, -0.2) is 5.43 Å². The van der Waals surface area contributed by atoms with Crippen LogP contribution in [0.4, 0.5) is 0 Å². The molecule has 3 heteroatoms. The lowest BCUT2D eigenvalue weighted by Crippen LogP contribution is -2.21. The molecule has 0 bridgehead atoms. The van der Waals surface area contributed by atoms with Gasteiger partial charge in [0.05, 0.1) is 0 Å². The number of carbonyl (C=O) groups is 1. The van der Waals surface area contributed by atoms with Crippen LogP contribution in [0.25, 0.3) is 0 Å². The third kappa shape index (κ3) is 5.33. The summed E-state index contributed by atoms with van der Waals surface area (Å²) in [5.41, 5.74) is 5.29. The molecule has 0 aliphatic heterocycles. The Balaban J connectivity index is 1.73. The first kappa shape index (κ1) is 15.7. The Hall–Kier alpha value is -1.64. The van der Waals surface area contributed by atoms with Gasteiger partial charge in [0, 0.05) is 12.1 Å². The summed E-state index contributed by atoms with van der Waals surface area (Å²) in [4.78, 5) is 11.6. The molecule has 1 N–H and O–H groups in total. The standard InChI is InChI=1S/C18H26N2O/c1-2-3-5-10-18(21)20-19-17-13-11-16(12-14-17)15-8-6-4-7-9-15/h4,6-9,16H,2-3,5,10-14H2,1H3,(H,20,21). The summed E-state index contributed by atoms with van der Waals surface area (Å²) in [5, 5.41) is 4.31. The molecule has 1 saturated carbocycles. The van der Waals surface area contributed by atoms with E-state index in [1.807, 2.05) is 0 Å². The molecule has 1 aromatic carbocycles. The highest BCUT2D eigenvalue weighted by Crippen LogP contribution is 2.31. The Morgan fingerprint density at radius 2 is 1.90 bits per heavy atom. The monoisotopic (exact) mass is 286 g/mol. The van der Waals surface area contributed by atoms with Gasteiger partial charge < -0.3 is 0 Å². The molecule has 0 saturated heterocycles. The Morgan fingerprint density at radius 3 is 2.57 bits per heavy atom. The molecule has 0 aromatic heterocycles. The van der Waals surface area contributed by atoms with Crippen LogP contribution in [0.2, 0.25) is 0 Å². The molecule has 0 radical (unpaired) electrons. The van der Waals surface area contributed by atoms with Gasteiger partial charge in [0.25, 0.3) is 0 Å². The van der Waals surface area contributed by atoms with Crippen LogP contribution in [0.1, 0.15) is 69.8 Å². The van der Waals surface area contributed by atoms with E-state index in [-0.39, 0.29) is 5.91 Å². The third-order valence-corrected chi connectivity index (χ3v) is 4.18. The zero-order valence-electron chi connectivity index (χ0n) is 13.0. The molecule has 1 aliphatic carbocycles. The van der Waals surface area contributed by atoms with Crippen LogP contribution in [0, 0.1) is 0 Å². The summed E-state index contributed by atoms with van der Waals surface area (Å²) >= 11 is 0. The number of hydrogen-bond acceptors (Lipinski definition) is 2. The highest BCUT2D eigenvalue weighted by atomic mass is 16.2. The summed E-state index contributed by atoms with van der Waals surface area (Å²) in [6.45, 7) is 2.14. The quantitative estimate of drug-likeness (QED) is 0.611. The van der Waals surface area contributed by atoms with E-state index in [0.717, 1.165) is 50.7 Å². The van der Waals surface area contributed by atoms with Gasteiger partial charge in [0.1, 0.15) is 0 Å². The smallest absolute Gasteiger partial charge is 0.240 e. The minimum Gasteiger partial charge on any atom is -0.273 e. The van der Waals surface area contributed by atoms with Crippen molar-refractivity contribution in [3.63, 3.8) is 0 Å². The number of unbranched alkanes of at least 4 members (excludes halogenated alkanes) is 2. The Kier molecular flexibility index (Phi) is 6.45. The topological polar surface area (TPSA) is 41.5 Å². The Morgan fingerprint density at radius 1 is 1.19 bits per heavy atom. The summed E-state index contributed by atoms with van der Waals surface area (Å²) in [6.07, 6.45) is 8.07. The summed E-state index contributed by atoms with van der Waals surface area (Å²) < 4.78 is 0. The molecule has 2 rings (SSSR count). The lowest BCUT2D eigenvalue weighted by atomic mass is 9.83. The van der Waals surface area contributed by atoms with E-state index in [1.54, 1.807) is 0 Å². The predicted octanol–water partition coefficient (Wildman–Crippen LogP) is 4.40. The molecule has 21 heavy (non-hydrogen) atoms. The van der Waals surface area contributed by atoms with Crippen LogP contribution >= 0.6 is 0 Å². The van der Waals surface area contributed by atoms with Crippen LogP contribution in [0.5, 0.6) is 0 Å². The lowest BCUT2D eigenvalue weighted by Gasteiger charge is -2.23. The maximum Gasteiger partial charge on any atom is 0.240 e. The highest BCUT2D eigenvalue weighted by molar-refractivity contribution is 5.87. The number of carbonyl (C=O) groups excluding carboxylic acids is 1. The second-order valence-corrected chi connectivity index (χ2v) is 5.86. The van der Waals surface area contributed by atoms with Gasteiger partial charge in [-0.05, 0) is 43.6 Å². The molecule has 1 fully saturated rings. The molecule has 0 spiro atoms. The first-order valence-corrected chi connectivity index (χ1v) is 8.18. The van der Waals surface area contributed by atoms with Gasteiger partial charge in [-0.2, -0.15) is 5.10 Å². The van der Waals surface area contributed by atoms with E-state index in [1.165, 1.54) is 5.56 Å². The number of hydrazone groups is 1. The van der Waals surface area contributed by atoms with Crippen LogP contribution < -0.4 is 5.43 Å². The van der Waals surface area contributed by atoms with E-state index >= 15 is 0 Å². The van der Waals surface area contributed by atoms with Crippen molar-refractivity contribution in [1.29, 1.82) is 0 Å². The zero-order valence-corrected chi connectivity index (χ0v) is 13.0. The van der Waals surface area contributed by atoms with E-state index in [4.69, 9.17) is 0 Å². The Bertz CT molecular complexity index is 457. The van der Waals surface area contributed by atoms with Crippen molar-refractivity contribution in [2.45, 2.75) is 64.2 Å². The van der Waals surface area contributed by atoms with Gasteiger partial charge in [-0.3, -0.25) is 4.79 Å². The van der Waals surface area contributed by atoms with Crippen molar-refractivity contribution in [3.05, 3.63) is 35.9 Å². The van der Waals surface area contributed by atoms with Gasteiger partial charge in [0.2, 0.25) is 5.91 Å². The molecule has 114 valence electrons. The molecular formula is C18H26N2O. The van der Waals surface area contributed by atoms with Crippen molar-refractivity contribution in [1.82, 2.24) is 5.43 Å².